The Hall–Kier alpha value is -3.15. The number of H-pyrrole nitrogens is 1. The fraction of sp³-hybridized carbons (Fsp3) is 0.200. The van der Waals surface area contributed by atoms with Crippen LogP contribution in [-0.4, -0.2) is 34.7 Å². The predicted octanol–water partition coefficient (Wildman–Crippen LogP) is 3.42. The second kappa shape index (κ2) is 6.63. The quantitative estimate of drug-likeness (QED) is 0.787. The molecule has 6 heteroatoms. The first kappa shape index (κ1) is 16.3. The highest BCUT2D eigenvalue weighted by Crippen LogP contribution is 2.30. The van der Waals surface area contributed by atoms with Gasteiger partial charge in [0.05, 0.1) is 12.8 Å². The van der Waals surface area contributed by atoms with Crippen LogP contribution in [0, 0.1) is 5.82 Å². The maximum Gasteiger partial charge on any atom is 0.254 e. The monoisotopic (exact) mass is 351 g/mol. The number of hydrogen-bond donors (Lipinski definition) is 1. The molecule has 132 valence electrons. The van der Waals surface area contributed by atoms with Gasteiger partial charge in [-0.2, -0.15) is 5.10 Å². The van der Waals surface area contributed by atoms with Crippen LogP contribution in [0.3, 0.4) is 0 Å². The van der Waals surface area contributed by atoms with Gasteiger partial charge in [-0.05, 0) is 36.4 Å². The lowest BCUT2D eigenvalue weighted by molar-refractivity contribution is 0.0734. The van der Waals surface area contributed by atoms with Crippen molar-refractivity contribution in [3.05, 3.63) is 71.2 Å². The van der Waals surface area contributed by atoms with Crippen molar-refractivity contribution in [2.75, 3.05) is 13.7 Å². The molecule has 0 atom stereocenters. The zero-order valence-electron chi connectivity index (χ0n) is 14.3. The van der Waals surface area contributed by atoms with E-state index in [0.717, 1.165) is 28.3 Å². The molecule has 1 aliphatic rings. The first-order valence-corrected chi connectivity index (χ1v) is 8.41. The standard InChI is InChI=1S/C20H18FN3O2/c1-26-16-4-2-3-14(11-16)19-17-12-24(10-9-18(17)22-23-19)20(25)13-5-7-15(21)8-6-13/h2-8,11H,9-10,12H2,1H3,(H,22,23). The molecule has 0 fully saturated rings. The Kier molecular flexibility index (Phi) is 4.16. The maximum absolute atomic E-state index is 13.1. The number of hydrogen-bond acceptors (Lipinski definition) is 3. The summed E-state index contributed by atoms with van der Waals surface area (Å²) in [6.45, 7) is 1.07. The smallest absolute Gasteiger partial charge is 0.254 e. The van der Waals surface area contributed by atoms with Crippen LogP contribution >= 0.6 is 0 Å². The van der Waals surface area contributed by atoms with E-state index in [9.17, 15) is 9.18 Å². The first-order chi connectivity index (χ1) is 12.7. The van der Waals surface area contributed by atoms with Gasteiger partial charge in [0.2, 0.25) is 0 Å². The number of fused-ring (bicyclic) bond motifs is 1. The third-order valence-corrected chi connectivity index (χ3v) is 4.66. The summed E-state index contributed by atoms with van der Waals surface area (Å²) in [5, 5.41) is 7.54. The summed E-state index contributed by atoms with van der Waals surface area (Å²) < 4.78 is 18.4. The number of carbonyl (C=O) groups is 1. The Bertz CT molecular complexity index is 950. The Balaban J connectivity index is 1.63. The zero-order chi connectivity index (χ0) is 18.1. The second-order valence-corrected chi connectivity index (χ2v) is 6.24. The topological polar surface area (TPSA) is 58.2 Å². The molecule has 2 heterocycles. The van der Waals surface area contributed by atoms with Crippen LogP contribution in [0.15, 0.2) is 48.5 Å². The van der Waals surface area contributed by atoms with Crippen molar-refractivity contribution in [3.63, 3.8) is 0 Å². The summed E-state index contributed by atoms with van der Waals surface area (Å²) in [5.74, 6) is 0.306. The Labute approximate surface area is 150 Å². The Morgan fingerprint density at radius 3 is 2.81 bits per heavy atom. The molecule has 1 aromatic heterocycles. The van der Waals surface area contributed by atoms with Crippen LogP contribution in [-0.2, 0) is 13.0 Å². The number of methoxy groups -OCH3 is 1. The Morgan fingerprint density at radius 1 is 1.23 bits per heavy atom. The van der Waals surface area contributed by atoms with Crippen molar-refractivity contribution in [1.82, 2.24) is 15.1 Å². The highest BCUT2D eigenvalue weighted by atomic mass is 19.1. The SMILES string of the molecule is COc1cccc(-c2n[nH]c3c2CN(C(=O)c2ccc(F)cc2)CC3)c1. The first-order valence-electron chi connectivity index (χ1n) is 8.41. The predicted molar refractivity (Wildman–Crippen MR) is 95.4 cm³/mol. The third-order valence-electron chi connectivity index (χ3n) is 4.66. The van der Waals surface area contributed by atoms with Crippen molar-refractivity contribution < 1.29 is 13.9 Å². The highest BCUT2D eigenvalue weighted by Gasteiger charge is 2.26. The summed E-state index contributed by atoms with van der Waals surface area (Å²) in [6.07, 6.45) is 0.708. The highest BCUT2D eigenvalue weighted by molar-refractivity contribution is 5.94. The summed E-state index contributed by atoms with van der Waals surface area (Å²) >= 11 is 0. The van der Waals surface area contributed by atoms with E-state index in [-0.39, 0.29) is 11.7 Å². The van der Waals surface area contributed by atoms with Crippen LogP contribution in [0.25, 0.3) is 11.3 Å². The molecule has 3 aromatic rings. The van der Waals surface area contributed by atoms with Gasteiger partial charge in [-0.15, -0.1) is 0 Å². The van der Waals surface area contributed by atoms with Gasteiger partial charge in [0.15, 0.2) is 0 Å². The lowest BCUT2D eigenvalue weighted by Gasteiger charge is -2.27. The van der Waals surface area contributed by atoms with Gasteiger partial charge in [-0.3, -0.25) is 9.89 Å². The third kappa shape index (κ3) is 2.94. The molecule has 0 radical (unpaired) electrons. The lowest BCUT2D eigenvalue weighted by Crippen LogP contribution is -2.35. The number of ether oxygens (including phenoxy) is 1. The minimum absolute atomic E-state index is 0.103. The number of carbonyl (C=O) groups excluding carboxylic acids is 1. The van der Waals surface area contributed by atoms with Crippen molar-refractivity contribution in [2.45, 2.75) is 13.0 Å². The van der Waals surface area contributed by atoms with E-state index in [4.69, 9.17) is 4.74 Å². The Morgan fingerprint density at radius 2 is 2.04 bits per heavy atom. The van der Waals surface area contributed by atoms with E-state index in [1.54, 1.807) is 12.0 Å². The fourth-order valence-electron chi connectivity index (χ4n) is 3.25. The molecule has 26 heavy (non-hydrogen) atoms. The maximum atomic E-state index is 13.1. The molecule has 0 aliphatic carbocycles. The van der Waals surface area contributed by atoms with Gasteiger partial charge in [0.25, 0.3) is 5.91 Å². The summed E-state index contributed by atoms with van der Waals surface area (Å²) in [5.41, 5.74) is 4.32. The molecule has 0 saturated heterocycles. The molecule has 0 spiro atoms. The van der Waals surface area contributed by atoms with Crippen molar-refractivity contribution >= 4 is 5.91 Å². The molecule has 1 aliphatic heterocycles. The number of rotatable bonds is 3. The van der Waals surface area contributed by atoms with Crippen LogP contribution in [0.1, 0.15) is 21.6 Å². The molecule has 4 rings (SSSR count). The van der Waals surface area contributed by atoms with Crippen LogP contribution in [0.4, 0.5) is 4.39 Å². The molecule has 0 bridgehead atoms. The normalized spacial score (nSPS) is 13.4. The van der Waals surface area contributed by atoms with Crippen molar-refractivity contribution in [3.8, 4) is 17.0 Å². The average Bonchev–Trinajstić information content (AvgIpc) is 3.11. The van der Waals surface area contributed by atoms with Gasteiger partial charge >= 0.3 is 0 Å². The number of amides is 1. The van der Waals surface area contributed by atoms with Gasteiger partial charge < -0.3 is 9.64 Å². The molecule has 0 unspecified atom stereocenters. The molecule has 1 amide bonds. The molecule has 0 saturated carbocycles. The van der Waals surface area contributed by atoms with E-state index in [2.05, 4.69) is 10.2 Å². The summed E-state index contributed by atoms with van der Waals surface area (Å²) in [6, 6.07) is 13.4. The fourth-order valence-corrected chi connectivity index (χ4v) is 3.25. The summed E-state index contributed by atoms with van der Waals surface area (Å²) in [7, 11) is 1.63. The molecule has 2 aromatic carbocycles. The lowest BCUT2D eigenvalue weighted by atomic mass is 10.00. The van der Waals surface area contributed by atoms with Gasteiger partial charge in [0.1, 0.15) is 11.6 Å². The number of nitrogens with one attached hydrogen (secondary N) is 1. The number of benzene rings is 2. The number of nitrogens with zero attached hydrogens (tertiary/aromatic N) is 2. The largest absolute Gasteiger partial charge is 0.497 e. The van der Waals surface area contributed by atoms with Gasteiger partial charge in [0, 0.05) is 41.9 Å². The average molecular weight is 351 g/mol. The van der Waals surface area contributed by atoms with E-state index < -0.39 is 0 Å². The zero-order valence-corrected chi connectivity index (χ0v) is 14.3. The minimum Gasteiger partial charge on any atom is -0.497 e. The molecular formula is C20H18FN3O2. The van der Waals surface area contributed by atoms with Crippen molar-refractivity contribution in [2.24, 2.45) is 0 Å². The minimum atomic E-state index is -0.349. The van der Waals surface area contributed by atoms with Crippen LogP contribution in [0.2, 0.25) is 0 Å². The number of aromatic nitrogens is 2. The molecule has 1 N–H and O–H groups in total. The van der Waals surface area contributed by atoms with E-state index >= 15 is 0 Å². The van der Waals surface area contributed by atoms with Crippen LogP contribution < -0.4 is 4.74 Å². The van der Waals surface area contributed by atoms with E-state index in [0.29, 0.717) is 25.1 Å². The van der Waals surface area contributed by atoms with Crippen LogP contribution in [0.5, 0.6) is 5.75 Å². The second-order valence-electron chi connectivity index (χ2n) is 6.24. The van der Waals surface area contributed by atoms with E-state index in [1.807, 2.05) is 24.3 Å². The van der Waals surface area contributed by atoms with E-state index in [1.165, 1.54) is 24.3 Å². The molecular weight excluding hydrogens is 333 g/mol. The van der Waals surface area contributed by atoms with Crippen molar-refractivity contribution in [1.29, 1.82) is 0 Å². The number of aromatic amines is 1. The van der Waals surface area contributed by atoms with Gasteiger partial charge in [-0.25, -0.2) is 4.39 Å². The molecule has 5 nitrogen and oxygen atoms in total. The van der Waals surface area contributed by atoms with Gasteiger partial charge in [-0.1, -0.05) is 12.1 Å². The number of halogens is 1. The summed E-state index contributed by atoms with van der Waals surface area (Å²) in [4.78, 5) is 14.5.